The Kier molecular flexibility index (Phi) is 9.41. The molecule has 0 aliphatic heterocycles. The fraction of sp³-hybridized carbons (Fsp3) is 0.120. The van der Waals surface area contributed by atoms with Gasteiger partial charge in [0.15, 0.2) is 11.6 Å². The molecular weight excluding hydrogens is 583 g/mol. The minimum atomic E-state index is -5.08. The van der Waals surface area contributed by atoms with Crippen molar-refractivity contribution in [2.45, 2.75) is 12.7 Å². The summed E-state index contributed by atoms with van der Waals surface area (Å²) in [7, 11) is 1.50. The van der Waals surface area contributed by atoms with Gasteiger partial charge in [0.05, 0.1) is 35.5 Å². The van der Waals surface area contributed by atoms with Gasteiger partial charge in [-0.1, -0.05) is 29.3 Å². The van der Waals surface area contributed by atoms with E-state index in [9.17, 15) is 18.0 Å². The highest BCUT2D eigenvalue weighted by Crippen LogP contribution is 2.35. The van der Waals surface area contributed by atoms with Crippen molar-refractivity contribution in [3.8, 4) is 23.4 Å². The van der Waals surface area contributed by atoms with Crippen LogP contribution in [0.1, 0.15) is 21.6 Å². The number of rotatable bonds is 6. The van der Waals surface area contributed by atoms with Crippen molar-refractivity contribution in [1.82, 2.24) is 15.3 Å². The molecule has 4 rings (SSSR count). The fourth-order valence-corrected chi connectivity index (χ4v) is 3.53. The number of hydrogen-bond donors (Lipinski definition) is 3. The first-order chi connectivity index (χ1) is 18.8. The molecule has 1 amide bonds. The fourth-order valence-electron chi connectivity index (χ4n) is 3.12. The molecule has 0 unspecified atom stereocenters. The lowest BCUT2D eigenvalue weighted by molar-refractivity contribution is -0.192. The molecule has 208 valence electrons. The van der Waals surface area contributed by atoms with Crippen molar-refractivity contribution in [3.63, 3.8) is 0 Å². The van der Waals surface area contributed by atoms with E-state index in [-0.39, 0.29) is 44.9 Å². The number of aliphatic carboxylic acids is 1. The van der Waals surface area contributed by atoms with E-state index in [1.807, 2.05) is 6.07 Å². The zero-order valence-corrected chi connectivity index (χ0v) is 21.6. The second-order valence-corrected chi connectivity index (χ2v) is 8.57. The predicted molar refractivity (Wildman–Crippen MR) is 135 cm³/mol. The number of halogens is 6. The van der Waals surface area contributed by atoms with E-state index < -0.39 is 23.9 Å². The van der Waals surface area contributed by atoms with Gasteiger partial charge in [0.25, 0.3) is 5.91 Å². The van der Waals surface area contributed by atoms with Gasteiger partial charge >= 0.3 is 12.1 Å². The third-order valence-corrected chi connectivity index (χ3v) is 5.48. The van der Waals surface area contributed by atoms with Crippen LogP contribution in [-0.2, 0) is 11.3 Å². The summed E-state index contributed by atoms with van der Waals surface area (Å²) in [4.78, 5) is 28.5. The molecule has 0 spiro atoms. The van der Waals surface area contributed by atoms with E-state index in [1.54, 1.807) is 18.3 Å². The van der Waals surface area contributed by atoms with Crippen molar-refractivity contribution < 1.29 is 41.7 Å². The normalized spacial score (nSPS) is 10.8. The van der Waals surface area contributed by atoms with E-state index in [2.05, 4.69) is 15.3 Å². The van der Waals surface area contributed by atoms with Crippen LogP contribution < -0.4 is 14.8 Å². The summed E-state index contributed by atoms with van der Waals surface area (Å²) < 4.78 is 57.5. The molecule has 0 bridgehead atoms. The molecule has 0 aliphatic rings. The molecule has 0 fully saturated rings. The van der Waals surface area contributed by atoms with Crippen molar-refractivity contribution in [2.24, 2.45) is 0 Å². The number of ether oxygens (including phenoxy) is 2. The van der Waals surface area contributed by atoms with Gasteiger partial charge in [-0.05, 0) is 30.3 Å². The van der Waals surface area contributed by atoms with Gasteiger partial charge in [-0.15, -0.1) is 0 Å². The Morgan fingerprint density at radius 2 is 1.88 bits per heavy atom. The number of nitriles is 1. The number of aromatic nitrogens is 2. The Balaban J connectivity index is 0.000000559. The Morgan fingerprint density at radius 3 is 2.50 bits per heavy atom. The molecule has 2 heterocycles. The first kappa shape index (κ1) is 30.0. The van der Waals surface area contributed by atoms with Gasteiger partial charge in [0, 0.05) is 28.6 Å². The summed E-state index contributed by atoms with van der Waals surface area (Å²) >= 11 is 12.1. The minimum absolute atomic E-state index is 0.0260. The maximum Gasteiger partial charge on any atom is 0.490 e. The topological polar surface area (TPSA) is 137 Å². The number of amides is 1. The highest BCUT2D eigenvalue weighted by Gasteiger charge is 2.38. The Hall–Kier alpha value is -4.54. The number of nitrogens with zero attached hydrogens (tertiary/aromatic N) is 2. The molecule has 40 heavy (non-hydrogen) atoms. The zero-order valence-electron chi connectivity index (χ0n) is 20.1. The maximum absolute atomic E-state index is 15.1. The van der Waals surface area contributed by atoms with Gasteiger partial charge in [0.2, 0.25) is 5.88 Å². The highest BCUT2D eigenvalue weighted by molar-refractivity contribution is 6.32. The molecule has 4 aromatic rings. The van der Waals surface area contributed by atoms with Crippen molar-refractivity contribution in [3.05, 3.63) is 81.3 Å². The van der Waals surface area contributed by atoms with Gasteiger partial charge in [-0.2, -0.15) is 18.4 Å². The number of H-pyrrole nitrogens is 1. The Labute approximate surface area is 232 Å². The van der Waals surface area contributed by atoms with E-state index in [4.69, 9.17) is 47.8 Å². The second-order valence-electron chi connectivity index (χ2n) is 7.72. The SMILES string of the molecule is COc1cc2cc(C(=O)NCc3ccc(Cl)c(Oc4cc(Cl)cc(C#N)c4)c3F)[nH]c2cn1.O=C(O)C(F)(F)F. The lowest BCUT2D eigenvalue weighted by Crippen LogP contribution is -2.23. The Bertz CT molecular complexity index is 1620. The molecule has 3 N–H and O–H groups in total. The van der Waals surface area contributed by atoms with Gasteiger partial charge in [-0.3, -0.25) is 4.79 Å². The molecule has 15 heteroatoms. The van der Waals surface area contributed by atoms with Gasteiger partial charge in [0.1, 0.15) is 11.4 Å². The number of methoxy groups -OCH3 is 1. The van der Waals surface area contributed by atoms with Crippen LogP contribution in [0.4, 0.5) is 17.6 Å². The monoisotopic (exact) mass is 598 g/mol. The molecule has 0 aliphatic carbocycles. The number of nitrogens with one attached hydrogen (secondary N) is 2. The average Bonchev–Trinajstić information content (AvgIpc) is 3.33. The summed E-state index contributed by atoms with van der Waals surface area (Å²) in [6.07, 6.45) is -3.53. The summed E-state index contributed by atoms with van der Waals surface area (Å²) in [5, 5.41) is 19.9. The zero-order chi connectivity index (χ0) is 29.6. The van der Waals surface area contributed by atoms with E-state index in [1.165, 1.54) is 37.4 Å². The first-order valence-corrected chi connectivity index (χ1v) is 11.5. The number of carboxylic acid groups (broad SMARTS) is 1. The maximum atomic E-state index is 15.1. The summed E-state index contributed by atoms with van der Waals surface area (Å²) in [5.74, 6) is -3.60. The number of carbonyl (C=O) groups is 2. The molecule has 0 radical (unpaired) electrons. The van der Waals surface area contributed by atoms with Gasteiger partial charge < -0.3 is 24.9 Å². The second kappa shape index (κ2) is 12.5. The predicted octanol–water partition coefficient (Wildman–Crippen LogP) is 6.24. The van der Waals surface area contributed by atoms with Crippen LogP contribution >= 0.6 is 23.2 Å². The number of pyridine rings is 1. The number of aromatic amines is 1. The smallest absolute Gasteiger partial charge is 0.481 e. The van der Waals surface area contributed by atoms with Crippen LogP contribution in [0.5, 0.6) is 17.4 Å². The van der Waals surface area contributed by atoms with Crippen LogP contribution in [0.25, 0.3) is 10.9 Å². The standard InChI is InChI=1S/C23H15Cl2FN4O3.C2HF3O2/c1-32-20-7-14-6-18(30-19(14)11-28-20)23(31)29-10-13-2-3-17(25)22(21(13)26)33-16-5-12(9-27)4-15(24)8-16;3-2(4,5)1(6)7/h2-8,11,30H,10H2,1H3,(H,29,31);(H,6,7). The molecule has 0 atom stereocenters. The van der Waals surface area contributed by atoms with Crippen LogP contribution in [0.15, 0.2) is 48.7 Å². The largest absolute Gasteiger partial charge is 0.490 e. The summed E-state index contributed by atoms with van der Waals surface area (Å²) in [6.45, 7) is -0.117. The molecule has 2 aromatic heterocycles. The lowest BCUT2D eigenvalue weighted by Gasteiger charge is -2.13. The Morgan fingerprint density at radius 1 is 1.18 bits per heavy atom. The minimum Gasteiger partial charge on any atom is -0.481 e. The number of carboxylic acids is 1. The van der Waals surface area contributed by atoms with Crippen molar-refractivity contribution in [1.29, 1.82) is 5.26 Å². The third kappa shape index (κ3) is 7.52. The number of fused-ring (bicyclic) bond motifs is 1. The average molecular weight is 599 g/mol. The first-order valence-electron chi connectivity index (χ1n) is 10.8. The van der Waals surface area contributed by atoms with Gasteiger partial charge in [-0.25, -0.2) is 14.2 Å². The van der Waals surface area contributed by atoms with Crippen molar-refractivity contribution in [2.75, 3.05) is 7.11 Å². The molecule has 0 saturated carbocycles. The van der Waals surface area contributed by atoms with Crippen molar-refractivity contribution >= 4 is 46.0 Å². The third-order valence-electron chi connectivity index (χ3n) is 4.97. The molecular formula is C25H16Cl2F4N4O5. The van der Waals surface area contributed by atoms with Crippen LogP contribution in [-0.4, -0.2) is 40.2 Å². The lowest BCUT2D eigenvalue weighted by atomic mass is 10.2. The van der Waals surface area contributed by atoms with E-state index >= 15 is 4.39 Å². The van der Waals surface area contributed by atoms with Crippen LogP contribution in [0.2, 0.25) is 10.0 Å². The van der Waals surface area contributed by atoms with E-state index in [0.29, 0.717) is 11.4 Å². The number of alkyl halides is 3. The molecule has 2 aromatic carbocycles. The molecule has 9 nitrogen and oxygen atoms in total. The number of hydrogen-bond acceptors (Lipinski definition) is 6. The van der Waals surface area contributed by atoms with E-state index in [0.717, 1.165) is 5.39 Å². The van der Waals surface area contributed by atoms with Crippen LogP contribution in [0.3, 0.4) is 0 Å². The number of benzene rings is 2. The van der Waals surface area contributed by atoms with Crippen LogP contribution in [0, 0.1) is 17.1 Å². The number of carbonyl (C=O) groups excluding carboxylic acids is 1. The summed E-state index contributed by atoms with van der Waals surface area (Å²) in [6, 6.07) is 12.5. The highest BCUT2D eigenvalue weighted by atomic mass is 35.5. The quantitative estimate of drug-likeness (QED) is 0.223. The molecule has 0 saturated heterocycles. The summed E-state index contributed by atoms with van der Waals surface area (Å²) in [5.41, 5.74) is 1.36.